The van der Waals surface area contributed by atoms with Crippen LogP contribution in [0.3, 0.4) is 0 Å². The van der Waals surface area contributed by atoms with Crippen molar-refractivity contribution in [1.82, 2.24) is 0 Å². The number of anilines is 3. The van der Waals surface area contributed by atoms with Gasteiger partial charge in [0.05, 0.1) is 5.69 Å². The molecule has 1 aliphatic rings. The molecule has 4 rings (SSSR count). The second kappa shape index (κ2) is 9.15. The summed E-state index contributed by atoms with van der Waals surface area (Å²) in [5, 5.41) is 15.2. The van der Waals surface area contributed by atoms with E-state index < -0.39 is 17.7 Å². The van der Waals surface area contributed by atoms with Crippen LogP contribution in [0.1, 0.15) is 10.4 Å². The normalized spacial score (nSPS) is 13.5. The van der Waals surface area contributed by atoms with E-state index in [-0.39, 0.29) is 37.8 Å². The summed E-state index contributed by atoms with van der Waals surface area (Å²) in [7, 11) is 0. The maximum Gasteiger partial charge on any atom is 0.283 e. The number of carbonyl (C=O) groups excluding carboxylic acids is 3. The van der Waals surface area contributed by atoms with E-state index in [2.05, 4.69) is 10.6 Å². The van der Waals surface area contributed by atoms with E-state index in [9.17, 15) is 19.5 Å². The first-order valence-corrected chi connectivity index (χ1v) is 10.6. The number of carbonyl (C=O) groups is 3. The number of nitrogens with one attached hydrogen (secondary N) is 2. The number of hydrogen-bond acceptors (Lipinski definition) is 5. The summed E-state index contributed by atoms with van der Waals surface area (Å²) < 4.78 is 0. The van der Waals surface area contributed by atoms with Crippen LogP contribution in [0.2, 0.25) is 10.0 Å². The molecular formula is C23H14Cl3N3O4. The standard InChI is InChI=1S/C23H14Cl3N3O4/c24-13-8-14(25)10-17(9-13)29-22(32)19(26)20(23(29)33)27-15-4-1-3-12(7-15)21(31)28-16-5-2-6-18(30)11-16/h1-11,27,30H,(H,28,31). The number of benzene rings is 3. The maximum absolute atomic E-state index is 13.0. The second-order valence-electron chi connectivity index (χ2n) is 6.97. The predicted molar refractivity (Wildman–Crippen MR) is 128 cm³/mol. The molecule has 0 radical (unpaired) electrons. The van der Waals surface area contributed by atoms with E-state index in [1.807, 2.05) is 0 Å². The average molecular weight is 503 g/mol. The molecule has 0 bridgehead atoms. The van der Waals surface area contributed by atoms with Crippen LogP contribution >= 0.6 is 34.8 Å². The number of imide groups is 1. The van der Waals surface area contributed by atoms with E-state index in [4.69, 9.17) is 34.8 Å². The van der Waals surface area contributed by atoms with E-state index in [1.54, 1.807) is 30.3 Å². The summed E-state index contributed by atoms with van der Waals surface area (Å²) >= 11 is 18.1. The highest BCUT2D eigenvalue weighted by molar-refractivity contribution is 6.53. The molecule has 0 aliphatic carbocycles. The third-order valence-corrected chi connectivity index (χ3v) is 5.42. The van der Waals surface area contributed by atoms with Gasteiger partial charge in [0.15, 0.2) is 0 Å². The largest absolute Gasteiger partial charge is 0.508 e. The number of aromatic hydroxyl groups is 1. The zero-order valence-electron chi connectivity index (χ0n) is 16.6. The summed E-state index contributed by atoms with van der Waals surface area (Å²) in [6.07, 6.45) is 0. The number of phenolic OH excluding ortho intramolecular Hbond substituents is 1. The van der Waals surface area contributed by atoms with Crippen molar-refractivity contribution in [3.63, 3.8) is 0 Å². The molecular weight excluding hydrogens is 489 g/mol. The molecule has 0 atom stereocenters. The van der Waals surface area contributed by atoms with Crippen molar-refractivity contribution in [2.45, 2.75) is 0 Å². The maximum atomic E-state index is 13.0. The van der Waals surface area contributed by atoms with Gasteiger partial charge in [-0.1, -0.05) is 46.9 Å². The Labute approximate surface area is 203 Å². The third-order valence-electron chi connectivity index (χ3n) is 4.63. The first-order chi connectivity index (χ1) is 15.7. The van der Waals surface area contributed by atoms with E-state index in [0.717, 1.165) is 4.90 Å². The fourth-order valence-electron chi connectivity index (χ4n) is 3.18. The van der Waals surface area contributed by atoms with Crippen molar-refractivity contribution >= 4 is 69.6 Å². The van der Waals surface area contributed by atoms with Crippen LogP contribution in [0, 0.1) is 0 Å². The summed E-state index contributed by atoms with van der Waals surface area (Å²) in [4.78, 5) is 39.1. The van der Waals surface area contributed by atoms with Gasteiger partial charge in [0, 0.05) is 33.0 Å². The monoisotopic (exact) mass is 501 g/mol. The van der Waals surface area contributed by atoms with Gasteiger partial charge in [-0.25, -0.2) is 4.90 Å². The Hall–Kier alpha value is -3.52. The number of hydrogen-bond donors (Lipinski definition) is 3. The molecule has 3 aromatic rings. The van der Waals surface area contributed by atoms with Gasteiger partial charge in [-0.15, -0.1) is 0 Å². The van der Waals surface area contributed by atoms with Crippen LogP contribution in [-0.2, 0) is 9.59 Å². The average Bonchev–Trinajstić information content (AvgIpc) is 2.96. The van der Waals surface area contributed by atoms with Gasteiger partial charge in [-0.05, 0) is 48.5 Å². The van der Waals surface area contributed by atoms with Crippen LogP contribution in [0.15, 0.2) is 77.5 Å². The van der Waals surface area contributed by atoms with Crippen LogP contribution in [0.4, 0.5) is 17.1 Å². The first-order valence-electron chi connectivity index (χ1n) is 9.45. The Balaban J connectivity index is 1.56. The molecule has 1 aliphatic heterocycles. The molecule has 33 heavy (non-hydrogen) atoms. The van der Waals surface area contributed by atoms with Crippen molar-refractivity contribution in [2.24, 2.45) is 0 Å². The highest BCUT2D eigenvalue weighted by Gasteiger charge is 2.39. The van der Waals surface area contributed by atoms with Crippen LogP contribution < -0.4 is 15.5 Å². The van der Waals surface area contributed by atoms with Gasteiger partial charge < -0.3 is 15.7 Å². The van der Waals surface area contributed by atoms with E-state index >= 15 is 0 Å². The highest BCUT2D eigenvalue weighted by atomic mass is 35.5. The lowest BCUT2D eigenvalue weighted by Gasteiger charge is -2.16. The minimum Gasteiger partial charge on any atom is -0.508 e. The third kappa shape index (κ3) is 4.80. The Kier molecular flexibility index (Phi) is 6.29. The van der Waals surface area contributed by atoms with Gasteiger partial charge in [0.2, 0.25) is 0 Å². The summed E-state index contributed by atoms with van der Waals surface area (Å²) in [6.45, 7) is 0. The van der Waals surface area contributed by atoms with Crippen molar-refractivity contribution in [3.05, 3.63) is 93.1 Å². The summed E-state index contributed by atoms with van der Waals surface area (Å²) in [6, 6.07) is 16.7. The van der Waals surface area contributed by atoms with Crippen LogP contribution in [0.25, 0.3) is 0 Å². The topological polar surface area (TPSA) is 98.7 Å². The number of nitrogens with zero attached hydrogens (tertiary/aromatic N) is 1. The van der Waals surface area contributed by atoms with Crippen LogP contribution in [-0.4, -0.2) is 22.8 Å². The lowest BCUT2D eigenvalue weighted by molar-refractivity contribution is -0.120. The minimum atomic E-state index is -0.736. The zero-order valence-corrected chi connectivity index (χ0v) is 18.9. The molecule has 0 saturated carbocycles. The predicted octanol–water partition coefficient (Wildman–Crippen LogP) is 5.39. The Morgan fingerprint density at radius 1 is 0.818 bits per heavy atom. The summed E-state index contributed by atoms with van der Waals surface area (Å²) in [5.74, 6) is -1.86. The smallest absolute Gasteiger partial charge is 0.283 e. The molecule has 0 unspecified atom stereocenters. The molecule has 0 aromatic heterocycles. The van der Waals surface area contributed by atoms with Gasteiger partial charge in [-0.2, -0.15) is 0 Å². The van der Waals surface area contributed by atoms with Gasteiger partial charge in [-0.3, -0.25) is 14.4 Å². The van der Waals surface area contributed by atoms with E-state index in [1.165, 1.54) is 36.4 Å². The van der Waals surface area contributed by atoms with Gasteiger partial charge in [0.25, 0.3) is 17.7 Å². The van der Waals surface area contributed by atoms with Crippen LogP contribution in [0.5, 0.6) is 5.75 Å². The molecule has 1 heterocycles. The number of amides is 3. The fourth-order valence-corrected chi connectivity index (χ4v) is 3.91. The Bertz CT molecular complexity index is 1320. The highest BCUT2D eigenvalue weighted by Crippen LogP contribution is 2.33. The number of rotatable bonds is 5. The van der Waals surface area contributed by atoms with Crippen molar-refractivity contribution < 1.29 is 19.5 Å². The number of phenols is 1. The molecule has 7 nitrogen and oxygen atoms in total. The van der Waals surface area contributed by atoms with Crippen molar-refractivity contribution in [2.75, 3.05) is 15.5 Å². The molecule has 0 saturated heterocycles. The fraction of sp³-hybridized carbons (Fsp3) is 0. The van der Waals surface area contributed by atoms with Gasteiger partial charge in [0.1, 0.15) is 16.5 Å². The quantitative estimate of drug-likeness (QED) is 0.407. The SMILES string of the molecule is O=C(Nc1cccc(O)c1)c1cccc(NC2=C(Cl)C(=O)N(c3cc(Cl)cc(Cl)c3)C2=O)c1. The molecule has 10 heteroatoms. The van der Waals surface area contributed by atoms with E-state index in [0.29, 0.717) is 11.4 Å². The van der Waals surface area contributed by atoms with Crippen molar-refractivity contribution in [1.29, 1.82) is 0 Å². The zero-order chi connectivity index (χ0) is 23.7. The lowest BCUT2D eigenvalue weighted by atomic mass is 10.1. The number of halogens is 3. The summed E-state index contributed by atoms with van der Waals surface area (Å²) in [5.41, 5.74) is 1.07. The molecule has 3 N–H and O–H groups in total. The Morgan fingerprint density at radius 3 is 2.18 bits per heavy atom. The van der Waals surface area contributed by atoms with Gasteiger partial charge >= 0.3 is 0 Å². The first kappa shape index (κ1) is 22.7. The molecule has 0 spiro atoms. The lowest BCUT2D eigenvalue weighted by Crippen LogP contribution is -2.32. The molecule has 0 fully saturated rings. The molecule has 3 amide bonds. The minimum absolute atomic E-state index is 0.0137. The molecule has 166 valence electrons. The second-order valence-corrected chi connectivity index (χ2v) is 8.22. The van der Waals surface area contributed by atoms with Crippen molar-refractivity contribution in [3.8, 4) is 5.75 Å². The Morgan fingerprint density at radius 2 is 1.48 bits per heavy atom. The molecule has 3 aromatic carbocycles.